The third kappa shape index (κ3) is 15.9. The Bertz CT molecular complexity index is 1230. The zero-order valence-corrected chi connectivity index (χ0v) is 39.9. The van der Waals surface area contributed by atoms with Crippen LogP contribution in [-0.4, -0.2) is 66.0 Å². The third-order valence-electron chi connectivity index (χ3n) is 9.94. The Labute approximate surface area is 350 Å². The SMILES string of the molecule is C1CCOC1.CC(C)[PH+](C[N-]c1ccccc1N(c1ccccc1[N-]C[PH+](C(C)C)C(C)C)c1ccccc1[N-]C[PH+](C(C)C)C(C)C)C(C)C.[Co+2].[Fe+2]. The number of ether oxygens (including phenoxy) is 1. The Morgan fingerprint density at radius 3 is 0.925 bits per heavy atom. The molecule has 0 aliphatic carbocycles. The van der Waals surface area contributed by atoms with Gasteiger partial charge in [0.2, 0.25) is 0 Å². The maximum atomic E-state index is 5.37. The van der Waals surface area contributed by atoms with Crippen molar-refractivity contribution in [3.05, 3.63) is 88.7 Å². The van der Waals surface area contributed by atoms with Gasteiger partial charge in [0.05, 0.1) is 34.0 Å². The summed E-state index contributed by atoms with van der Waals surface area (Å²) in [7, 11) is -1.94. The Balaban J connectivity index is 0.00000184. The molecular formula is C43H71CoFeN4OP3+4. The first kappa shape index (κ1) is 50.2. The number of benzene rings is 3. The topological polar surface area (TPSA) is 54.8 Å². The van der Waals surface area contributed by atoms with E-state index in [2.05, 4.69) is 161 Å². The van der Waals surface area contributed by atoms with Gasteiger partial charge in [-0.3, -0.25) is 0 Å². The summed E-state index contributed by atoms with van der Waals surface area (Å²) in [6.07, 6.45) is 5.28. The van der Waals surface area contributed by atoms with Crippen LogP contribution in [0.15, 0.2) is 72.8 Å². The predicted molar refractivity (Wildman–Crippen MR) is 241 cm³/mol. The van der Waals surface area contributed by atoms with Crippen LogP contribution >= 0.6 is 23.8 Å². The van der Waals surface area contributed by atoms with E-state index in [1.54, 1.807) is 0 Å². The van der Waals surface area contributed by atoms with E-state index in [0.29, 0.717) is 34.0 Å². The fourth-order valence-electron chi connectivity index (χ4n) is 6.89. The van der Waals surface area contributed by atoms with Gasteiger partial charge in [-0.25, -0.2) is 0 Å². The Morgan fingerprint density at radius 2 is 0.717 bits per heavy atom. The second-order valence-electron chi connectivity index (χ2n) is 15.7. The van der Waals surface area contributed by atoms with E-state index in [9.17, 15) is 0 Å². The van der Waals surface area contributed by atoms with Gasteiger partial charge in [-0.2, -0.15) is 0 Å². The summed E-state index contributed by atoms with van der Waals surface area (Å²) in [5.74, 6) is 0. The second-order valence-corrected chi connectivity index (χ2v) is 27.0. The van der Waals surface area contributed by atoms with Gasteiger partial charge in [-0.15, -0.1) is 17.1 Å². The summed E-state index contributed by atoms with van der Waals surface area (Å²) < 4.78 is 4.94. The van der Waals surface area contributed by atoms with E-state index in [1.807, 2.05) is 0 Å². The van der Waals surface area contributed by atoms with Crippen molar-refractivity contribution in [3.63, 3.8) is 0 Å². The van der Waals surface area contributed by atoms with E-state index in [-0.39, 0.29) is 33.8 Å². The minimum atomic E-state index is -0.646. The van der Waals surface area contributed by atoms with Crippen LogP contribution in [0, 0.1) is 0 Å². The number of hydrogen-bond acceptors (Lipinski definition) is 2. The molecule has 1 aliphatic heterocycles. The van der Waals surface area contributed by atoms with Gasteiger partial charge in [0.15, 0.2) is 0 Å². The van der Waals surface area contributed by atoms with Crippen LogP contribution in [0.3, 0.4) is 0 Å². The van der Waals surface area contributed by atoms with Gasteiger partial charge in [-0.05, 0) is 157 Å². The van der Waals surface area contributed by atoms with Gasteiger partial charge in [0.1, 0.15) is 0 Å². The van der Waals surface area contributed by atoms with Crippen molar-refractivity contribution in [3.8, 4) is 0 Å². The standard InChI is InChI=1S/C39H60N4P3.C4H8O.Co.Fe/c1-28(2)44(29(3)4)25-40-34-19-13-16-22-37(34)43(38-23-17-14-20-35(38)41-26-45(30(5)6)31(7)8)39-24-18-15-21-36(39)42-27-46(32(9)10)33(11)12;1-2-4-5-3-1;;/h13-24,28-33H,25-27H2,1-12H3;1-4H2;;/q-3;;2*+2/p+3. The van der Waals surface area contributed by atoms with Crippen molar-refractivity contribution >= 4 is 57.9 Å². The molecule has 0 spiro atoms. The summed E-state index contributed by atoms with van der Waals surface area (Å²) in [4.78, 5) is 2.40. The van der Waals surface area contributed by atoms with E-state index in [1.165, 1.54) is 12.8 Å². The molecule has 1 aliphatic rings. The number of nitrogens with zero attached hydrogens (tertiary/aromatic N) is 4. The first-order valence-electron chi connectivity index (χ1n) is 19.6. The molecule has 0 amide bonds. The largest absolute Gasteiger partial charge is 2.00 e. The Hall–Kier alpha value is -0.864. The number of hydrogen-bond donors (Lipinski definition) is 0. The molecule has 3 aromatic carbocycles. The van der Waals surface area contributed by atoms with Crippen molar-refractivity contribution in [2.24, 2.45) is 0 Å². The number of anilines is 3. The third-order valence-corrected chi connectivity index (χ3v) is 20.4. The maximum absolute atomic E-state index is 5.37. The van der Waals surface area contributed by atoms with Gasteiger partial charge in [0.25, 0.3) is 0 Å². The summed E-state index contributed by atoms with van der Waals surface area (Å²) in [6, 6.07) is 26.1. The zero-order valence-electron chi connectivity index (χ0n) is 34.7. The molecule has 0 aromatic heterocycles. The Morgan fingerprint density at radius 1 is 0.472 bits per heavy atom. The van der Waals surface area contributed by atoms with Gasteiger partial charge < -0.3 is 25.6 Å². The Kier molecular flexibility index (Phi) is 24.7. The number of para-hydroxylation sites is 6. The molecule has 5 nitrogen and oxygen atoms in total. The van der Waals surface area contributed by atoms with E-state index < -0.39 is 23.8 Å². The van der Waals surface area contributed by atoms with Crippen LogP contribution in [0.5, 0.6) is 0 Å². The van der Waals surface area contributed by atoms with Crippen molar-refractivity contribution in [2.75, 3.05) is 37.0 Å². The van der Waals surface area contributed by atoms with Crippen molar-refractivity contribution in [1.82, 2.24) is 0 Å². The van der Waals surface area contributed by atoms with E-state index in [4.69, 9.17) is 20.7 Å². The van der Waals surface area contributed by atoms with Crippen molar-refractivity contribution in [1.29, 1.82) is 0 Å². The van der Waals surface area contributed by atoms with Crippen LogP contribution in [0.25, 0.3) is 16.0 Å². The zero-order chi connectivity index (χ0) is 37.5. The summed E-state index contributed by atoms with van der Waals surface area (Å²) in [5.41, 5.74) is 10.4. The maximum Gasteiger partial charge on any atom is 2.00 e. The monoisotopic (exact) mass is 867 g/mol. The molecule has 0 bridgehead atoms. The smallest absolute Gasteiger partial charge is 0.651 e. The molecule has 53 heavy (non-hydrogen) atoms. The molecule has 0 unspecified atom stereocenters. The minimum Gasteiger partial charge on any atom is -0.651 e. The first-order chi connectivity index (χ1) is 24.3. The average molecular weight is 868 g/mol. The number of rotatable bonds is 18. The van der Waals surface area contributed by atoms with Crippen molar-refractivity contribution in [2.45, 2.75) is 130 Å². The summed E-state index contributed by atoms with van der Waals surface area (Å²) in [5, 5.41) is 16.1. The molecule has 1 heterocycles. The summed E-state index contributed by atoms with van der Waals surface area (Å²) >= 11 is 0. The molecule has 0 N–H and O–H groups in total. The van der Waals surface area contributed by atoms with Gasteiger partial charge in [-0.1, -0.05) is 54.6 Å². The van der Waals surface area contributed by atoms with Crippen LogP contribution in [-0.2, 0) is 38.6 Å². The molecular weight excluding hydrogens is 796 g/mol. The summed E-state index contributed by atoms with van der Waals surface area (Å²) in [6.45, 7) is 30.4. The average Bonchev–Trinajstić information content (AvgIpc) is 3.67. The van der Waals surface area contributed by atoms with E-state index >= 15 is 0 Å². The fourth-order valence-corrected chi connectivity index (χ4v) is 14.1. The molecule has 1 fully saturated rings. The van der Waals surface area contributed by atoms with Crippen LogP contribution in [0.4, 0.5) is 34.1 Å². The molecule has 1 radical (unpaired) electrons. The minimum absolute atomic E-state index is 0. The molecule has 3 aromatic rings. The second kappa shape index (κ2) is 26.1. The van der Waals surface area contributed by atoms with Crippen LogP contribution in [0.2, 0.25) is 0 Å². The normalized spacial score (nSPS) is 12.8. The quantitative estimate of drug-likeness (QED) is 0.0945. The van der Waals surface area contributed by atoms with Gasteiger partial charge >= 0.3 is 33.8 Å². The molecule has 0 atom stereocenters. The van der Waals surface area contributed by atoms with Crippen LogP contribution in [0.1, 0.15) is 95.9 Å². The molecule has 4 rings (SSSR count). The van der Waals surface area contributed by atoms with E-state index in [0.717, 1.165) is 66.2 Å². The molecule has 1 saturated heterocycles. The fraction of sp³-hybridized carbons (Fsp3) is 0.581. The molecule has 0 saturated carbocycles. The van der Waals surface area contributed by atoms with Crippen molar-refractivity contribution < 1.29 is 38.6 Å². The molecule has 297 valence electrons. The van der Waals surface area contributed by atoms with Gasteiger partial charge in [0, 0.05) is 30.3 Å². The molecule has 10 heteroatoms. The van der Waals surface area contributed by atoms with Crippen LogP contribution < -0.4 is 4.90 Å². The first-order valence-corrected chi connectivity index (χ1v) is 25.2. The predicted octanol–water partition coefficient (Wildman–Crippen LogP) is 14.9.